The van der Waals surface area contributed by atoms with Crippen molar-refractivity contribution in [3.05, 3.63) is 106 Å². The van der Waals surface area contributed by atoms with E-state index in [0.717, 1.165) is 28.5 Å². The van der Waals surface area contributed by atoms with E-state index in [1.165, 1.54) is 27.8 Å². The number of thiazole rings is 1. The Morgan fingerprint density at radius 1 is 0.933 bits per heavy atom. The van der Waals surface area contributed by atoms with Crippen LogP contribution in [0.5, 0.6) is 0 Å². The van der Waals surface area contributed by atoms with Crippen LogP contribution in [0.1, 0.15) is 34.7 Å². The van der Waals surface area contributed by atoms with Crippen LogP contribution in [0.3, 0.4) is 0 Å². The molecule has 0 fully saturated rings. The number of hydrogen-bond donors (Lipinski definition) is 1. The maximum Gasteiger partial charge on any atom is 0.203 e. The van der Waals surface area contributed by atoms with Crippen LogP contribution in [-0.2, 0) is 6.42 Å². The predicted molar refractivity (Wildman–Crippen MR) is 129 cm³/mol. The second-order valence-corrected chi connectivity index (χ2v) is 8.38. The van der Waals surface area contributed by atoms with Crippen molar-refractivity contribution in [3.63, 3.8) is 0 Å². The number of hydrazone groups is 1. The van der Waals surface area contributed by atoms with Gasteiger partial charge in [-0.3, -0.25) is 5.43 Å². The molecule has 0 saturated heterocycles. The van der Waals surface area contributed by atoms with E-state index < -0.39 is 0 Å². The number of rotatable bonds is 6. The zero-order valence-corrected chi connectivity index (χ0v) is 18.3. The van der Waals surface area contributed by atoms with E-state index in [2.05, 4.69) is 96.5 Å². The summed E-state index contributed by atoms with van der Waals surface area (Å²) in [6.07, 6.45) is 0.940. The molecule has 4 rings (SSSR count). The molecular weight excluding hydrogens is 386 g/mol. The van der Waals surface area contributed by atoms with Crippen LogP contribution < -0.4 is 5.43 Å². The largest absolute Gasteiger partial charge is 0.252 e. The molecule has 4 aromatic rings. The first-order valence-electron chi connectivity index (χ1n) is 10.1. The Bertz CT molecular complexity index is 1160. The van der Waals surface area contributed by atoms with Crippen LogP contribution in [-0.4, -0.2) is 10.7 Å². The van der Waals surface area contributed by atoms with Gasteiger partial charge in [0.15, 0.2) is 0 Å². The van der Waals surface area contributed by atoms with Gasteiger partial charge in [0, 0.05) is 10.9 Å². The minimum absolute atomic E-state index is 0.797. The summed E-state index contributed by atoms with van der Waals surface area (Å²) in [4.78, 5) is 4.71. The van der Waals surface area contributed by atoms with Crippen LogP contribution >= 0.6 is 11.3 Å². The molecule has 0 spiro atoms. The number of benzene rings is 3. The van der Waals surface area contributed by atoms with Crippen molar-refractivity contribution in [1.82, 2.24) is 4.98 Å². The fraction of sp³-hybridized carbons (Fsp3) is 0.154. The Kier molecular flexibility index (Phi) is 6.05. The number of aromatic nitrogens is 1. The molecule has 0 amide bonds. The highest BCUT2D eigenvalue weighted by Gasteiger charge is 2.08. The third kappa shape index (κ3) is 4.84. The van der Waals surface area contributed by atoms with Gasteiger partial charge in [0.25, 0.3) is 0 Å². The number of aryl methyl sites for hydroxylation is 2. The Morgan fingerprint density at radius 2 is 1.67 bits per heavy atom. The fourth-order valence-electron chi connectivity index (χ4n) is 3.35. The van der Waals surface area contributed by atoms with Crippen LogP contribution in [0.2, 0.25) is 0 Å². The maximum atomic E-state index is 4.71. The predicted octanol–water partition coefficient (Wildman–Crippen LogP) is 6.85. The van der Waals surface area contributed by atoms with Crippen molar-refractivity contribution in [2.75, 3.05) is 5.43 Å². The van der Waals surface area contributed by atoms with Crippen molar-refractivity contribution in [2.45, 2.75) is 27.2 Å². The van der Waals surface area contributed by atoms with E-state index in [1.807, 2.05) is 13.0 Å². The highest BCUT2D eigenvalue weighted by Crippen LogP contribution is 2.28. The summed E-state index contributed by atoms with van der Waals surface area (Å²) in [5, 5.41) is 7.41. The molecule has 3 aromatic carbocycles. The van der Waals surface area contributed by atoms with Gasteiger partial charge >= 0.3 is 0 Å². The van der Waals surface area contributed by atoms with E-state index in [0.29, 0.717) is 0 Å². The fourth-order valence-corrected chi connectivity index (χ4v) is 4.00. The summed E-state index contributed by atoms with van der Waals surface area (Å²) in [6, 6.07) is 25.6. The molecule has 150 valence electrons. The molecular formula is C26H25N3S. The van der Waals surface area contributed by atoms with Gasteiger partial charge in [0.05, 0.1) is 11.4 Å². The first kappa shape index (κ1) is 20.0. The topological polar surface area (TPSA) is 37.3 Å². The molecule has 0 atom stereocenters. The van der Waals surface area contributed by atoms with Crippen molar-refractivity contribution < 1.29 is 0 Å². The van der Waals surface area contributed by atoms with E-state index in [-0.39, 0.29) is 0 Å². The van der Waals surface area contributed by atoms with Crippen LogP contribution in [0, 0.1) is 13.8 Å². The molecule has 0 unspecified atom stereocenters. The molecule has 0 radical (unpaired) electrons. The molecule has 0 aliphatic rings. The van der Waals surface area contributed by atoms with Crippen molar-refractivity contribution in [1.29, 1.82) is 0 Å². The highest BCUT2D eigenvalue weighted by molar-refractivity contribution is 7.14. The van der Waals surface area contributed by atoms with Gasteiger partial charge in [-0.15, -0.1) is 11.3 Å². The summed E-state index contributed by atoms with van der Waals surface area (Å²) < 4.78 is 0. The average molecular weight is 412 g/mol. The molecule has 0 aliphatic carbocycles. The molecule has 0 bridgehead atoms. The number of anilines is 1. The lowest BCUT2D eigenvalue weighted by Gasteiger charge is -2.05. The monoisotopic (exact) mass is 411 g/mol. The van der Waals surface area contributed by atoms with Gasteiger partial charge in [-0.2, -0.15) is 5.10 Å². The Hall–Kier alpha value is -3.24. The van der Waals surface area contributed by atoms with E-state index in [1.54, 1.807) is 11.3 Å². The third-order valence-electron chi connectivity index (χ3n) is 5.12. The van der Waals surface area contributed by atoms with Crippen LogP contribution in [0.15, 0.2) is 83.3 Å². The lowest BCUT2D eigenvalue weighted by Crippen LogP contribution is -2.00. The van der Waals surface area contributed by atoms with E-state index in [9.17, 15) is 0 Å². The van der Waals surface area contributed by atoms with Gasteiger partial charge in [0.1, 0.15) is 0 Å². The second kappa shape index (κ2) is 9.06. The second-order valence-electron chi connectivity index (χ2n) is 7.52. The van der Waals surface area contributed by atoms with Crippen molar-refractivity contribution in [3.8, 4) is 11.3 Å². The summed E-state index contributed by atoms with van der Waals surface area (Å²) >= 11 is 1.57. The SMILES string of the molecule is C/C(=N\Nc1nc(-c2cc(C)ccc2C)cs1)c1ccc(Cc2ccccc2)cc1. The summed E-state index contributed by atoms with van der Waals surface area (Å²) in [6.45, 7) is 6.23. The highest BCUT2D eigenvalue weighted by atomic mass is 32.1. The Labute approximate surface area is 182 Å². The minimum atomic E-state index is 0.797. The minimum Gasteiger partial charge on any atom is -0.252 e. The average Bonchev–Trinajstić information content (AvgIpc) is 3.24. The van der Waals surface area contributed by atoms with Gasteiger partial charge in [-0.05, 0) is 55.5 Å². The summed E-state index contributed by atoms with van der Waals surface area (Å²) in [7, 11) is 0. The Balaban J connectivity index is 1.43. The van der Waals surface area contributed by atoms with E-state index in [4.69, 9.17) is 4.98 Å². The molecule has 30 heavy (non-hydrogen) atoms. The Morgan fingerprint density at radius 3 is 2.43 bits per heavy atom. The third-order valence-corrected chi connectivity index (χ3v) is 5.86. The molecule has 3 nitrogen and oxygen atoms in total. The van der Waals surface area contributed by atoms with Gasteiger partial charge < -0.3 is 0 Å². The quantitative estimate of drug-likeness (QED) is 0.278. The number of nitrogens with zero attached hydrogens (tertiary/aromatic N) is 2. The molecule has 0 aliphatic heterocycles. The molecule has 4 heteroatoms. The van der Waals surface area contributed by atoms with Crippen molar-refractivity contribution in [2.24, 2.45) is 5.10 Å². The van der Waals surface area contributed by atoms with Crippen molar-refractivity contribution >= 4 is 22.2 Å². The number of hydrogen-bond acceptors (Lipinski definition) is 4. The van der Waals surface area contributed by atoms with Crippen LogP contribution in [0.4, 0.5) is 5.13 Å². The zero-order chi connectivity index (χ0) is 20.9. The zero-order valence-electron chi connectivity index (χ0n) is 17.5. The van der Waals surface area contributed by atoms with Gasteiger partial charge in [0.2, 0.25) is 5.13 Å². The van der Waals surface area contributed by atoms with E-state index >= 15 is 0 Å². The van der Waals surface area contributed by atoms with Gasteiger partial charge in [-0.25, -0.2) is 4.98 Å². The lowest BCUT2D eigenvalue weighted by molar-refractivity contribution is 1.19. The first-order chi connectivity index (χ1) is 14.6. The summed E-state index contributed by atoms with van der Waals surface area (Å²) in [5.41, 5.74) is 12.4. The first-order valence-corrected chi connectivity index (χ1v) is 10.9. The number of nitrogens with one attached hydrogen (secondary N) is 1. The standard InChI is InChI=1S/C26H25N3S/c1-18-9-10-19(2)24(15-18)25-17-30-26(27-25)29-28-20(3)23-13-11-22(12-14-23)16-21-7-5-4-6-8-21/h4-15,17H,16H2,1-3H3,(H,27,29)/b28-20+. The normalized spacial score (nSPS) is 11.5. The molecule has 0 saturated carbocycles. The summed E-state index contributed by atoms with van der Waals surface area (Å²) in [5.74, 6) is 0. The molecule has 1 aromatic heterocycles. The lowest BCUT2D eigenvalue weighted by atomic mass is 10.0. The van der Waals surface area contributed by atoms with Crippen LogP contribution in [0.25, 0.3) is 11.3 Å². The van der Waals surface area contributed by atoms with Gasteiger partial charge in [-0.1, -0.05) is 72.3 Å². The molecule has 1 heterocycles. The smallest absolute Gasteiger partial charge is 0.203 e. The maximum absolute atomic E-state index is 4.71. The molecule has 1 N–H and O–H groups in total.